The van der Waals surface area contributed by atoms with Crippen molar-refractivity contribution >= 4 is 17.4 Å². The summed E-state index contributed by atoms with van der Waals surface area (Å²) < 4.78 is 0. The summed E-state index contributed by atoms with van der Waals surface area (Å²) >= 11 is 5.64. The summed E-state index contributed by atoms with van der Waals surface area (Å²) in [5, 5.41) is 21.4. The molecule has 4 nitrogen and oxygen atoms in total. The normalized spacial score (nSPS) is 19.4. The van der Waals surface area contributed by atoms with Gasteiger partial charge in [-0.25, -0.2) is 0 Å². The van der Waals surface area contributed by atoms with Gasteiger partial charge >= 0.3 is 0 Å². The van der Waals surface area contributed by atoms with Crippen molar-refractivity contribution in [3.05, 3.63) is 17.3 Å². The lowest BCUT2D eigenvalue weighted by molar-refractivity contribution is 0.0166. The fourth-order valence-electron chi connectivity index (χ4n) is 2.05. The minimum absolute atomic E-state index is 0.377. The van der Waals surface area contributed by atoms with Crippen molar-refractivity contribution in [3.63, 3.8) is 0 Å². The third-order valence-electron chi connectivity index (χ3n) is 3.01. The zero-order valence-corrected chi connectivity index (χ0v) is 9.87. The second-order valence-electron chi connectivity index (χ2n) is 4.38. The molecule has 1 saturated carbocycles. The molecule has 5 heteroatoms. The van der Waals surface area contributed by atoms with Crippen LogP contribution in [0.4, 0.5) is 5.82 Å². The first-order chi connectivity index (χ1) is 7.68. The van der Waals surface area contributed by atoms with E-state index in [-0.39, 0.29) is 0 Å². The van der Waals surface area contributed by atoms with Gasteiger partial charge in [-0.3, -0.25) is 0 Å². The van der Waals surface area contributed by atoms with Gasteiger partial charge in [0.05, 0.1) is 5.60 Å². The number of aliphatic hydroxyl groups is 1. The zero-order chi connectivity index (χ0) is 11.4. The fourth-order valence-corrected chi connectivity index (χ4v) is 2.15. The first-order valence-corrected chi connectivity index (χ1v) is 6.01. The van der Waals surface area contributed by atoms with E-state index in [1.807, 2.05) is 0 Å². The largest absolute Gasteiger partial charge is 0.388 e. The van der Waals surface area contributed by atoms with Crippen LogP contribution in [0.2, 0.25) is 5.15 Å². The molecule has 0 atom stereocenters. The lowest BCUT2D eigenvalue weighted by Crippen LogP contribution is -2.38. The number of aromatic nitrogens is 2. The van der Waals surface area contributed by atoms with Crippen LogP contribution >= 0.6 is 11.6 Å². The van der Waals surface area contributed by atoms with E-state index in [4.69, 9.17) is 11.6 Å². The topological polar surface area (TPSA) is 58.0 Å². The molecule has 0 unspecified atom stereocenters. The van der Waals surface area contributed by atoms with E-state index in [1.165, 1.54) is 6.42 Å². The van der Waals surface area contributed by atoms with E-state index in [0.717, 1.165) is 25.7 Å². The van der Waals surface area contributed by atoms with Crippen LogP contribution in [0.5, 0.6) is 0 Å². The Hall–Kier alpha value is -0.870. The Balaban J connectivity index is 1.88. The molecule has 1 aromatic rings. The monoisotopic (exact) mass is 241 g/mol. The molecule has 0 amide bonds. The molecule has 1 fully saturated rings. The molecule has 1 aliphatic carbocycles. The van der Waals surface area contributed by atoms with Crippen molar-refractivity contribution < 1.29 is 5.11 Å². The van der Waals surface area contributed by atoms with Gasteiger partial charge < -0.3 is 10.4 Å². The number of nitrogens with one attached hydrogen (secondary N) is 1. The molecule has 1 heterocycles. The van der Waals surface area contributed by atoms with Crippen LogP contribution in [0, 0.1) is 0 Å². The van der Waals surface area contributed by atoms with Crippen LogP contribution in [-0.4, -0.2) is 27.4 Å². The number of hydrogen-bond donors (Lipinski definition) is 2. The second-order valence-corrected chi connectivity index (χ2v) is 4.77. The molecule has 2 rings (SSSR count). The summed E-state index contributed by atoms with van der Waals surface area (Å²) in [6.45, 7) is 0.531. The number of halogens is 1. The Bertz CT molecular complexity index is 336. The molecule has 2 N–H and O–H groups in total. The van der Waals surface area contributed by atoms with Crippen LogP contribution in [0.3, 0.4) is 0 Å². The Morgan fingerprint density at radius 2 is 2.00 bits per heavy atom. The minimum atomic E-state index is -0.584. The molecule has 1 aliphatic rings. The van der Waals surface area contributed by atoms with E-state index < -0.39 is 5.60 Å². The van der Waals surface area contributed by atoms with Crippen molar-refractivity contribution in [1.82, 2.24) is 10.2 Å². The van der Waals surface area contributed by atoms with E-state index in [9.17, 15) is 5.11 Å². The maximum absolute atomic E-state index is 10.3. The van der Waals surface area contributed by atoms with Crippen molar-refractivity contribution in [2.24, 2.45) is 0 Å². The Morgan fingerprint density at radius 3 is 2.62 bits per heavy atom. The van der Waals surface area contributed by atoms with Crippen molar-refractivity contribution in [2.75, 3.05) is 11.9 Å². The first kappa shape index (κ1) is 11.6. The third-order valence-corrected chi connectivity index (χ3v) is 3.22. The molecule has 16 heavy (non-hydrogen) atoms. The predicted molar refractivity (Wildman–Crippen MR) is 63.6 cm³/mol. The van der Waals surface area contributed by atoms with Crippen molar-refractivity contribution in [1.29, 1.82) is 0 Å². The fraction of sp³-hybridized carbons (Fsp3) is 0.636. The number of nitrogens with zero attached hydrogens (tertiary/aromatic N) is 2. The maximum atomic E-state index is 10.3. The highest BCUT2D eigenvalue weighted by molar-refractivity contribution is 6.29. The molecule has 0 aromatic carbocycles. The highest BCUT2D eigenvalue weighted by Crippen LogP contribution is 2.28. The van der Waals surface area contributed by atoms with Gasteiger partial charge in [-0.2, -0.15) is 0 Å². The lowest BCUT2D eigenvalue weighted by Gasteiger charge is -2.32. The summed E-state index contributed by atoms with van der Waals surface area (Å²) in [5.41, 5.74) is -0.584. The van der Waals surface area contributed by atoms with Crippen molar-refractivity contribution in [3.8, 4) is 0 Å². The lowest BCUT2D eigenvalue weighted by atomic mass is 9.85. The standard InChI is InChI=1S/C11H16ClN3O/c12-9-4-5-10(15-14-9)13-8-11(16)6-2-1-3-7-11/h4-5,16H,1-3,6-8H2,(H,13,15). The highest BCUT2D eigenvalue weighted by Gasteiger charge is 2.28. The predicted octanol–water partition coefficient (Wildman–Crippen LogP) is 2.24. The van der Waals surface area contributed by atoms with Gasteiger partial charge in [-0.05, 0) is 25.0 Å². The molecule has 88 valence electrons. The minimum Gasteiger partial charge on any atom is -0.388 e. The zero-order valence-electron chi connectivity index (χ0n) is 9.12. The van der Waals surface area contributed by atoms with E-state index in [2.05, 4.69) is 15.5 Å². The van der Waals surface area contributed by atoms with Gasteiger partial charge in [-0.15, -0.1) is 10.2 Å². The quantitative estimate of drug-likeness (QED) is 0.852. The van der Waals surface area contributed by atoms with Gasteiger partial charge in [-0.1, -0.05) is 30.9 Å². The van der Waals surface area contributed by atoms with Crippen LogP contribution < -0.4 is 5.32 Å². The number of hydrogen-bond acceptors (Lipinski definition) is 4. The van der Waals surface area contributed by atoms with Crippen LogP contribution in [0.15, 0.2) is 12.1 Å². The summed E-state index contributed by atoms with van der Waals surface area (Å²) in [7, 11) is 0. The average molecular weight is 242 g/mol. The smallest absolute Gasteiger partial charge is 0.151 e. The molecule has 0 bridgehead atoms. The van der Waals surface area contributed by atoms with Crippen LogP contribution in [0.1, 0.15) is 32.1 Å². The van der Waals surface area contributed by atoms with Gasteiger partial charge in [0.2, 0.25) is 0 Å². The Morgan fingerprint density at radius 1 is 1.25 bits per heavy atom. The number of rotatable bonds is 3. The highest BCUT2D eigenvalue weighted by atomic mass is 35.5. The SMILES string of the molecule is OC1(CNc2ccc(Cl)nn2)CCCCC1. The molecular formula is C11H16ClN3O. The van der Waals surface area contributed by atoms with E-state index in [1.54, 1.807) is 12.1 Å². The summed E-state index contributed by atoms with van der Waals surface area (Å²) in [5.74, 6) is 0.656. The van der Waals surface area contributed by atoms with Gasteiger partial charge in [0.15, 0.2) is 5.15 Å². The second kappa shape index (κ2) is 4.97. The Labute approximate surface area is 100 Å². The average Bonchev–Trinajstić information content (AvgIpc) is 2.29. The van der Waals surface area contributed by atoms with Gasteiger partial charge in [0.1, 0.15) is 5.82 Å². The van der Waals surface area contributed by atoms with Gasteiger partial charge in [0, 0.05) is 6.54 Å². The molecule has 0 radical (unpaired) electrons. The third kappa shape index (κ3) is 3.06. The first-order valence-electron chi connectivity index (χ1n) is 5.63. The summed E-state index contributed by atoms with van der Waals surface area (Å²) in [6.07, 6.45) is 5.15. The number of anilines is 1. The molecule has 1 aromatic heterocycles. The van der Waals surface area contributed by atoms with E-state index >= 15 is 0 Å². The Kier molecular flexibility index (Phi) is 3.61. The summed E-state index contributed by atoms with van der Waals surface area (Å²) in [4.78, 5) is 0. The van der Waals surface area contributed by atoms with Crippen LogP contribution in [-0.2, 0) is 0 Å². The molecule has 0 spiro atoms. The summed E-state index contributed by atoms with van der Waals surface area (Å²) in [6, 6.07) is 3.45. The van der Waals surface area contributed by atoms with E-state index in [0.29, 0.717) is 17.5 Å². The van der Waals surface area contributed by atoms with Gasteiger partial charge in [0.25, 0.3) is 0 Å². The molecule has 0 aliphatic heterocycles. The molecule has 0 saturated heterocycles. The molecular weight excluding hydrogens is 226 g/mol. The van der Waals surface area contributed by atoms with Crippen molar-refractivity contribution in [2.45, 2.75) is 37.7 Å². The maximum Gasteiger partial charge on any atom is 0.151 e. The van der Waals surface area contributed by atoms with Crippen LogP contribution in [0.25, 0.3) is 0 Å².